The molecule has 5 heteroatoms. The van der Waals surface area contributed by atoms with Gasteiger partial charge in [0.25, 0.3) is 5.69 Å². The van der Waals surface area contributed by atoms with Crippen LogP contribution >= 0.6 is 0 Å². The average molecular weight is 350 g/mol. The topological polar surface area (TPSA) is 64.4 Å². The fourth-order valence-corrected chi connectivity index (χ4v) is 4.28. The van der Waals surface area contributed by atoms with Crippen LogP contribution in [-0.4, -0.2) is 12.0 Å². The first kappa shape index (κ1) is 16.6. The molecular weight excluding hydrogens is 328 g/mol. The van der Waals surface area contributed by atoms with Crippen molar-refractivity contribution in [1.82, 2.24) is 0 Å². The minimum atomic E-state index is -0.292. The minimum Gasteiger partial charge on any atom is -0.495 e. The fourth-order valence-electron chi connectivity index (χ4n) is 4.28. The van der Waals surface area contributed by atoms with Crippen LogP contribution in [0.25, 0.3) is 0 Å². The Morgan fingerprint density at radius 2 is 2.00 bits per heavy atom. The van der Waals surface area contributed by atoms with Crippen molar-refractivity contribution >= 4 is 11.4 Å². The Morgan fingerprint density at radius 3 is 2.65 bits per heavy atom. The zero-order chi connectivity index (χ0) is 18.3. The largest absolute Gasteiger partial charge is 0.495 e. The zero-order valence-corrected chi connectivity index (χ0v) is 14.9. The molecule has 0 bridgehead atoms. The molecule has 0 radical (unpaired) electrons. The van der Waals surface area contributed by atoms with E-state index in [1.165, 1.54) is 11.1 Å². The predicted octanol–water partition coefficient (Wildman–Crippen LogP) is 4.99. The highest BCUT2D eigenvalue weighted by Crippen LogP contribution is 2.54. The number of nitrogens with one attached hydrogen (secondary N) is 1. The summed E-state index contributed by atoms with van der Waals surface area (Å²) in [5.41, 5.74) is 4.17. The van der Waals surface area contributed by atoms with Crippen LogP contribution in [0.5, 0.6) is 5.75 Å². The standard InChI is InChI=1S/C21H22N2O3/c1-3-13-7-9-14(10-8-13)20-16-6-4-5-15(16)19-17(23(24)25)11-12-18(26-2)21(19)22-20/h4-5,7-12,15-16,20,22H,3,6H2,1-2H3/t15-,16-,20-/m0/s1. The molecule has 0 unspecified atom stereocenters. The number of hydrogen-bond acceptors (Lipinski definition) is 4. The number of nitro groups is 1. The van der Waals surface area contributed by atoms with Gasteiger partial charge in [-0.15, -0.1) is 0 Å². The molecule has 0 saturated carbocycles. The molecule has 0 amide bonds. The molecule has 26 heavy (non-hydrogen) atoms. The number of methoxy groups -OCH3 is 1. The van der Waals surface area contributed by atoms with Gasteiger partial charge < -0.3 is 10.1 Å². The van der Waals surface area contributed by atoms with Gasteiger partial charge in [0.1, 0.15) is 5.75 Å². The SMILES string of the molecule is CCc1ccc([C@@H]2Nc3c(OC)ccc([N+](=O)[O-])c3[C@H]3C=CC[C@@H]32)cc1. The summed E-state index contributed by atoms with van der Waals surface area (Å²) in [4.78, 5) is 11.3. The van der Waals surface area contributed by atoms with E-state index in [1.54, 1.807) is 19.2 Å². The van der Waals surface area contributed by atoms with E-state index in [9.17, 15) is 10.1 Å². The molecule has 1 heterocycles. The van der Waals surface area contributed by atoms with Crippen molar-refractivity contribution in [2.75, 3.05) is 12.4 Å². The summed E-state index contributed by atoms with van der Waals surface area (Å²) >= 11 is 0. The van der Waals surface area contributed by atoms with Gasteiger partial charge in [0.2, 0.25) is 0 Å². The number of ether oxygens (including phenoxy) is 1. The molecule has 0 saturated heterocycles. The number of benzene rings is 2. The Balaban J connectivity index is 1.84. The van der Waals surface area contributed by atoms with Crippen molar-refractivity contribution in [3.05, 3.63) is 75.4 Å². The van der Waals surface area contributed by atoms with Crippen molar-refractivity contribution in [2.24, 2.45) is 5.92 Å². The van der Waals surface area contributed by atoms with Gasteiger partial charge in [0.15, 0.2) is 0 Å². The summed E-state index contributed by atoms with van der Waals surface area (Å²) in [7, 11) is 1.60. The third kappa shape index (κ3) is 2.55. The van der Waals surface area contributed by atoms with Crippen LogP contribution in [0.15, 0.2) is 48.6 Å². The smallest absolute Gasteiger partial charge is 0.275 e. The van der Waals surface area contributed by atoms with Gasteiger partial charge in [-0.3, -0.25) is 10.1 Å². The zero-order valence-electron chi connectivity index (χ0n) is 14.9. The first-order valence-electron chi connectivity index (χ1n) is 9.01. The van der Waals surface area contributed by atoms with Gasteiger partial charge in [-0.1, -0.05) is 43.3 Å². The van der Waals surface area contributed by atoms with Crippen molar-refractivity contribution in [1.29, 1.82) is 0 Å². The molecule has 4 rings (SSSR count). The normalized spacial score (nSPS) is 23.1. The van der Waals surface area contributed by atoms with Crippen LogP contribution in [0.2, 0.25) is 0 Å². The monoisotopic (exact) mass is 350 g/mol. The number of fused-ring (bicyclic) bond motifs is 3. The number of allylic oxidation sites excluding steroid dienone is 2. The molecule has 0 aromatic heterocycles. The van der Waals surface area contributed by atoms with Crippen LogP contribution < -0.4 is 10.1 Å². The van der Waals surface area contributed by atoms with Gasteiger partial charge in [-0.05, 0) is 36.0 Å². The highest BCUT2D eigenvalue weighted by atomic mass is 16.6. The lowest BCUT2D eigenvalue weighted by Gasteiger charge is -2.37. The second-order valence-corrected chi connectivity index (χ2v) is 6.90. The molecule has 3 atom stereocenters. The molecule has 2 aliphatic rings. The van der Waals surface area contributed by atoms with E-state index in [2.05, 4.69) is 48.7 Å². The maximum Gasteiger partial charge on any atom is 0.275 e. The summed E-state index contributed by atoms with van der Waals surface area (Å²) in [6.45, 7) is 2.14. The summed E-state index contributed by atoms with van der Waals surface area (Å²) in [5, 5.41) is 15.2. The lowest BCUT2D eigenvalue weighted by atomic mass is 9.76. The molecule has 134 valence electrons. The summed E-state index contributed by atoms with van der Waals surface area (Å²) < 4.78 is 5.51. The number of nitrogens with zero attached hydrogens (tertiary/aromatic N) is 1. The maximum absolute atomic E-state index is 11.6. The minimum absolute atomic E-state index is 0.0256. The highest BCUT2D eigenvalue weighted by Gasteiger charge is 2.42. The van der Waals surface area contributed by atoms with E-state index in [1.807, 2.05) is 0 Å². The third-order valence-electron chi connectivity index (χ3n) is 5.62. The molecule has 1 aliphatic carbocycles. The van der Waals surface area contributed by atoms with Crippen LogP contribution in [0.4, 0.5) is 11.4 Å². The molecule has 0 fully saturated rings. The van der Waals surface area contributed by atoms with Crippen molar-refractivity contribution in [3.8, 4) is 5.75 Å². The summed E-state index contributed by atoms with van der Waals surface area (Å²) in [6.07, 6.45) is 6.17. The van der Waals surface area contributed by atoms with Crippen molar-refractivity contribution < 1.29 is 9.66 Å². The number of anilines is 1. The quantitative estimate of drug-likeness (QED) is 0.479. The second kappa shape index (κ2) is 6.48. The van der Waals surface area contributed by atoms with Gasteiger partial charge in [0, 0.05) is 12.0 Å². The van der Waals surface area contributed by atoms with Gasteiger partial charge in [-0.25, -0.2) is 0 Å². The summed E-state index contributed by atoms with van der Waals surface area (Å²) in [5.74, 6) is 0.943. The number of rotatable bonds is 4. The Hall–Kier alpha value is -2.82. The van der Waals surface area contributed by atoms with Crippen LogP contribution in [-0.2, 0) is 6.42 Å². The first-order valence-corrected chi connectivity index (χ1v) is 9.01. The number of aryl methyl sites for hydroxylation is 1. The molecule has 1 aliphatic heterocycles. The van der Waals surface area contributed by atoms with E-state index in [4.69, 9.17) is 4.74 Å². The Labute approximate surface area is 152 Å². The first-order chi connectivity index (χ1) is 12.6. The molecular formula is C21H22N2O3. The number of hydrogen-bond donors (Lipinski definition) is 1. The lowest BCUT2D eigenvalue weighted by Crippen LogP contribution is -2.30. The van der Waals surface area contributed by atoms with Crippen LogP contribution in [0.1, 0.15) is 42.0 Å². The second-order valence-electron chi connectivity index (χ2n) is 6.90. The van der Waals surface area contributed by atoms with E-state index in [-0.39, 0.29) is 28.5 Å². The van der Waals surface area contributed by atoms with Gasteiger partial charge >= 0.3 is 0 Å². The fraction of sp³-hybridized carbons (Fsp3) is 0.333. The van der Waals surface area contributed by atoms with Crippen LogP contribution in [0.3, 0.4) is 0 Å². The lowest BCUT2D eigenvalue weighted by molar-refractivity contribution is -0.385. The predicted molar refractivity (Wildman–Crippen MR) is 102 cm³/mol. The van der Waals surface area contributed by atoms with E-state index < -0.39 is 0 Å². The van der Waals surface area contributed by atoms with Crippen molar-refractivity contribution in [3.63, 3.8) is 0 Å². The molecule has 1 N–H and O–H groups in total. The maximum atomic E-state index is 11.6. The third-order valence-corrected chi connectivity index (χ3v) is 5.62. The van der Waals surface area contributed by atoms with Crippen LogP contribution in [0, 0.1) is 16.0 Å². The van der Waals surface area contributed by atoms with E-state index in [0.29, 0.717) is 5.75 Å². The molecule has 2 aromatic carbocycles. The van der Waals surface area contributed by atoms with E-state index >= 15 is 0 Å². The van der Waals surface area contributed by atoms with Gasteiger partial charge in [-0.2, -0.15) is 0 Å². The molecule has 2 aromatic rings. The van der Waals surface area contributed by atoms with E-state index in [0.717, 1.165) is 24.1 Å². The molecule has 0 spiro atoms. The Bertz CT molecular complexity index is 874. The highest BCUT2D eigenvalue weighted by molar-refractivity contribution is 5.73. The Kier molecular flexibility index (Phi) is 4.15. The number of nitro benzene ring substituents is 1. The van der Waals surface area contributed by atoms with Gasteiger partial charge in [0.05, 0.1) is 29.3 Å². The Morgan fingerprint density at radius 1 is 1.23 bits per heavy atom. The average Bonchev–Trinajstić information content (AvgIpc) is 3.16. The summed E-state index contributed by atoms with van der Waals surface area (Å²) in [6, 6.07) is 12.0. The van der Waals surface area contributed by atoms with Crippen molar-refractivity contribution in [2.45, 2.75) is 31.7 Å². The molecule has 5 nitrogen and oxygen atoms in total.